The van der Waals surface area contributed by atoms with E-state index in [0.29, 0.717) is 28.1 Å². The summed E-state index contributed by atoms with van der Waals surface area (Å²) in [6, 6.07) is 20.9. The molecule has 3 aromatic carbocycles. The predicted molar refractivity (Wildman–Crippen MR) is 111 cm³/mol. The lowest BCUT2D eigenvalue weighted by Crippen LogP contribution is -2.12. The molecule has 0 aromatic heterocycles. The van der Waals surface area contributed by atoms with Crippen LogP contribution in [0.4, 0.5) is 11.4 Å². The Kier molecular flexibility index (Phi) is 6.39. The number of halogens is 1. The minimum Gasteiger partial charge on any atom is -0.492 e. The summed E-state index contributed by atoms with van der Waals surface area (Å²) >= 11 is 3.42. The first kappa shape index (κ1) is 19.6. The number of nitro groups is 1. The number of carbonyl (C=O) groups excluding carboxylic acids is 1. The van der Waals surface area contributed by atoms with E-state index in [-0.39, 0.29) is 11.6 Å². The maximum Gasteiger partial charge on any atom is 0.271 e. The molecular formula is C21H17BrN2O4. The molecule has 28 heavy (non-hydrogen) atoms. The molecule has 7 heteroatoms. The van der Waals surface area contributed by atoms with Crippen molar-refractivity contribution in [3.63, 3.8) is 0 Å². The molecule has 0 spiro atoms. The Morgan fingerprint density at radius 3 is 2.54 bits per heavy atom. The molecule has 0 aliphatic carbocycles. The van der Waals surface area contributed by atoms with Crippen LogP contribution in [0.25, 0.3) is 0 Å². The molecule has 0 saturated heterocycles. The third-order valence-electron chi connectivity index (χ3n) is 4.00. The minimum absolute atomic E-state index is 0.0823. The highest BCUT2D eigenvalue weighted by atomic mass is 79.9. The number of anilines is 1. The topological polar surface area (TPSA) is 81.5 Å². The highest BCUT2D eigenvalue weighted by molar-refractivity contribution is 9.10. The number of nitro benzene ring substituents is 1. The van der Waals surface area contributed by atoms with Crippen molar-refractivity contribution in [2.24, 2.45) is 0 Å². The van der Waals surface area contributed by atoms with Gasteiger partial charge in [0.15, 0.2) is 0 Å². The van der Waals surface area contributed by atoms with E-state index < -0.39 is 4.92 Å². The second kappa shape index (κ2) is 9.14. The Labute approximate surface area is 170 Å². The van der Waals surface area contributed by atoms with Crippen LogP contribution in [0.15, 0.2) is 77.3 Å². The smallest absolute Gasteiger partial charge is 0.271 e. The summed E-state index contributed by atoms with van der Waals surface area (Å²) < 4.78 is 6.44. The van der Waals surface area contributed by atoms with E-state index in [1.165, 1.54) is 23.8 Å². The number of hydrogen-bond acceptors (Lipinski definition) is 4. The average molecular weight is 441 g/mol. The zero-order valence-corrected chi connectivity index (χ0v) is 16.4. The molecule has 6 nitrogen and oxygen atoms in total. The number of nitrogens with one attached hydrogen (secondary N) is 1. The number of amides is 1. The van der Waals surface area contributed by atoms with Crippen LogP contribution in [0, 0.1) is 10.1 Å². The molecule has 0 fully saturated rings. The molecule has 142 valence electrons. The molecule has 1 N–H and O–H groups in total. The lowest BCUT2D eigenvalue weighted by atomic mass is 10.1. The lowest BCUT2D eigenvalue weighted by Gasteiger charge is -2.10. The molecular weight excluding hydrogens is 424 g/mol. The molecule has 0 heterocycles. The van der Waals surface area contributed by atoms with Gasteiger partial charge in [0, 0.05) is 29.8 Å². The first-order chi connectivity index (χ1) is 13.5. The Morgan fingerprint density at radius 2 is 1.82 bits per heavy atom. The summed E-state index contributed by atoms with van der Waals surface area (Å²) in [6.45, 7) is 0.516. The molecule has 0 bridgehead atoms. The third kappa shape index (κ3) is 5.17. The Balaban J connectivity index is 1.62. The number of hydrogen-bond donors (Lipinski definition) is 1. The monoisotopic (exact) mass is 440 g/mol. The highest BCUT2D eigenvalue weighted by Gasteiger charge is 2.12. The van der Waals surface area contributed by atoms with Crippen LogP contribution in [0.5, 0.6) is 5.75 Å². The van der Waals surface area contributed by atoms with E-state index in [4.69, 9.17) is 4.74 Å². The zero-order chi connectivity index (χ0) is 19.9. The highest BCUT2D eigenvalue weighted by Crippen LogP contribution is 2.27. The van der Waals surface area contributed by atoms with E-state index in [9.17, 15) is 14.9 Å². The fraction of sp³-hybridized carbons (Fsp3) is 0.0952. The van der Waals surface area contributed by atoms with Crippen molar-refractivity contribution >= 4 is 33.2 Å². The Bertz CT molecular complexity index is 993. The van der Waals surface area contributed by atoms with Gasteiger partial charge in [0.1, 0.15) is 5.75 Å². The third-order valence-corrected chi connectivity index (χ3v) is 4.62. The first-order valence-corrected chi connectivity index (χ1v) is 9.34. The van der Waals surface area contributed by atoms with Crippen LogP contribution in [-0.4, -0.2) is 17.4 Å². The average Bonchev–Trinajstić information content (AvgIpc) is 2.70. The van der Waals surface area contributed by atoms with Crippen LogP contribution in [0.3, 0.4) is 0 Å². The van der Waals surface area contributed by atoms with Gasteiger partial charge in [-0.3, -0.25) is 14.9 Å². The van der Waals surface area contributed by atoms with Crippen molar-refractivity contribution in [3.05, 3.63) is 98.5 Å². The van der Waals surface area contributed by atoms with Gasteiger partial charge in [-0.2, -0.15) is 0 Å². The fourth-order valence-electron chi connectivity index (χ4n) is 2.58. The second-order valence-corrected chi connectivity index (χ2v) is 6.85. The number of non-ortho nitro benzene ring substituents is 1. The Hall–Kier alpha value is -3.19. The molecule has 0 aliphatic rings. The van der Waals surface area contributed by atoms with Crippen molar-refractivity contribution in [2.45, 2.75) is 6.42 Å². The van der Waals surface area contributed by atoms with Crippen molar-refractivity contribution in [1.29, 1.82) is 0 Å². The van der Waals surface area contributed by atoms with Gasteiger partial charge in [-0.25, -0.2) is 0 Å². The van der Waals surface area contributed by atoms with Crippen LogP contribution < -0.4 is 10.1 Å². The lowest BCUT2D eigenvalue weighted by molar-refractivity contribution is -0.384. The number of rotatable bonds is 7. The van der Waals surface area contributed by atoms with Gasteiger partial charge >= 0.3 is 0 Å². The van der Waals surface area contributed by atoms with E-state index in [1.54, 1.807) is 24.3 Å². The predicted octanol–water partition coefficient (Wildman–Crippen LogP) is 5.23. The SMILES string of the molecule is O=C(Nc1cccc([N+](=O)[O-])c1)c1ccc(OCCc2ccccc2)c(Br)c1. The summed E-state index contributed by atoms with van der Waals surface area (Å²) in [5.74, 6) is 0.278. The quantitative estimate of drug-likeness (QED) is 0.402. The van der Waals surface area contributed by atoms with E-state index in [1.807, 2.05) is 30.3 Å². The van der Waals surface area contributed by atoms with Gasteiger partial charge in [0.25, 0.3) is 11.6 Å². The molecule has 0 radical (unpaired) electrons. The minimum atomic E-state index is -0.506. The molecule has 1 amide bonds. The largest absolute Gasteiger partial charge is 0.492 e. The standard InChI is InChI=1S/C21H17BrN2O4/c22-19-13-16(21(25)23-17-7-4-8-18(14-17)24(26)27)9-10-20(19)28-12-11-15-5-2-1-3-6-15/h1-10,13-14H,11-12H2,(H,23,25). The summed E-state index contributed by atoms with van der Waals surface area (Å²) in [5.41, 5.74) is 1.88. The van der Waals surface area contributed by atoms with Gasteiger partial charge in [0.2, 0.25) is 0 Å². The molecule has 0 unspecified atom stereocenters. The van der Waals surface area contributed by atoms with Crippen LogP contribution >= 0.6 is 15.9 Å². The van der Waals surface area contributed by atoms with Gasteiger partial charge in [-0.1, -0.05) is 36.4 Å². The fourth-order valence-corrected chi connectivity index (χ4v) is 3.08. The second-order valence-electron chi connectivity index (χ2n) is 5.99. The van der Waals surface area contributed by atoms with Crippen molar-refractivity contribution < 1.29 is 14.5 Å². The normalized spacial score (nSPS) is 10.3. The zero-order valence-electron chi connectivity index (χ0n) is 14.8. The van der Waals surface area contributed by atoms with Gasteiger partial charge in [-0.15, -0.1) is 0 Å². The Morgan fingerprint density at radius 1 is 1.04 bits per heavy atom. The maximum absolute atomic E-state index is 12.4. The summed E-state index contributed by atoms with van der Waals surface area (Å²) in [6.07, 6.45) is 0.780. The number of ether oxygens (including phenoxy) is 1. The van der Waals surface area contributed by atoms with Crippen LogP contribution in [0.1, 0.15) is 15.9 Å². The van der Waals surface area contributed by atoms with E-state index in [0.717, 1.165) is 6.42 Å². The molecule has 0 aliphatic heterocycles. The first-order valence-electron chi connectivity index (χ1n) is 8.55. The summed E-state index contributed by atoms with van der Waals surface area (Å²) in [7, 11) is 0. The number of nitrogens with zero attached hydrogens (tertiary/aromatic N) is 1. The maximum atomic E-state index is 12.4. The van der Waals surface area contributed by atoms with Gasteiger partial charge in [0.05, 0.1) is 16.0 Å². The van der Waals surface area contributed by atoms with E-state index >= 15 is 0 Å². The molecule has 3 rings (SSSR count). The van der Waals surface area contributed by atoms with Crippen molar-refractivity contribution in [3.8, 4) is 5.75 Å². The summed E-state index contributed by atoms with van der Waals surface area (Å²) in [5, 5.41) is 13.5. The van der Waals surface area contributed by atoms with Gasteiger partial charge in [-0.05, 0) is 45.8 Å². The number of benzene rings is 3. The van der Waals surface area contributed by atoms with Crippen LogP contribution in [-0.2, 0) is 6.42 Å². The number of carbonyl (C=O) groups is 1. The van der Waals surface area contributed by atoms with Crippen LogP contribution in [0.2, 0.25) is 0 Å². The molecule has 0 saturated carbocycles. The summed E-state index contributed by atoms with van der Waals surface area (Å²) in [4.78, 5) is 22.7. The van der Waals surface area contributed by atoms with Gasteiger partial charge < -0.3 is 10.1 Å². The van der Waals surface area contributed by atoms with Crippen molar-refractivity contribution in [1.82, 2.24) is 0 Å². The molecule has 0 atom stereocenters. The van der Waals surface area contributed by atoms with Crippen molar-refractivity contribution in [2.75, 3.05) is 11.9 Å². The van der Waals surface area contributed by atoms with E-state index in [2.05, 4.69) is 21.2 Å². The molecule has 3 aromatic rings.